The van der Waals surface area contributed by atoms with E-state index in [1.165, 1.54) is 19.2 Å². The third kappa shape index (κ3) is 7.12. The Balaban J connectivity index is 2.28. The van der Waals surface area contributed by atoms with Crippen LogP contribution in [0.3, 0.4) is 0 Å². The molecule has 31 heavy (non-hydrogen) atoms. The van der Waals surface area contributed by atoms with Crippen molar-refractivity contribution in [3.8, 4) is 5.75 Å². The van der Waals surface area contributed by atoms with Gasteiger partial charge in [-0.05, 0) is 36.4 Å². The van der Waals surface area contributed by atoms with Gasteiger partial charge in [0.1, 0.15) is 12.4 Å². The molecule has 0 saturated carbocycles. The number of nitrogens with zero attached hydrogens (tertiary/aromatic N) is 1. The van der Waals surface area contributed by atoms with Crippen LogP contribution >= 0.6 is 11.6 Å². The molecule has 0 aliphatic rings. The SMILES string of the molecule is COCCOC(=O)NN=C(c1ccc(Cl)cc1)c1ccc(OS(=O)(=O)C(F)(F)F)cc1. The molecular weight excluding hydrogens is 465 g/mol. The Morgan fingerprint density at radius 1 is 1.03 bits per heavy atom. The predicted molar refractivity (Wildman–Crippen MR) is 105 cm³/mol. The molecular formula is C18H16ClF3N2O6S. The number of carbonyl (C=O) groups is 1. The van der Waals surface area contributed by atoms with Gasteiger partial charge in [0.2, 0.25) is 0 Å². The van der Waals surface area contributed by atoms with Crippen molar-refractivity contribution in [2.75, 3.05) is 20.3 Å². The summed E-state index contributed by atoms with van der Waals surface area (Å²) in [6.45, 7) is 0.178. The number of halogens is 4. The summed E-state index contributed by atoms with van der Waals surface area (Å²) < 4.78 is 73.3. The van der Waals surface area contributed by atoms with Crippen LogP contribution in [0, 0.1) is 0 Å². The molecule has 0 heterocycles. The van der Waals surface area contributed by atoms with Crippen molar-refractivity contribution in [1.29, 1.82) is 0 Å². The highest BCUT2D eigenvalue weighted by molar-refractivity contribution is 7.88. The molecule has 0 aliphatic carbocycles. The number of rotatable bonds is 8. The highest BCUT2D eigenvalue weighted by atomic mass is 35.5. The van der Waals surface area contributed by atoms with Crippen LogP contribution in [0.1, 0.15) is 11.1 Å². The molecule has 168 valence electrons. The van der Waals surface area contributed by atoms with Gasteiger partial charge in [-0.25, -0.2) is 10.2 Å². The van der Waals surface area contributed by atoms with Gasteiger partial charge in [-0.2, -0.15) is 26.7 Å². The van der Waals surface area contributed by atoms with Crippen molar-refractivity contribution in [2.24, 2.45) is 5.10 Å². The van der Waals surface area contributed by atoms with E-state index in [9.17, 15) is 26.4 Å². The molecule has 13 heteroatoms. The lowest BCUT2D eigenvalue weighted by Crippen LogP contribution is -2.28. The van der Waals surface area contributed by atoms with Gasteiger partial charge in [-0.15, -0.1) is 0 Å². The first-order valence-corrected chi connectivity index (χ1v) is 10.2. The normalized spacial score (nSPS) is 12.4. The van der Waals surface area contributed by atoms with Crippen LogP contribution in [-0.4, -0.2) is 46.1 Å². The number of amides is 1. The molecule has 2 aromatic carbocycles. The molecule has 0 radical (unpaired) electrons. The molecule has 0 aliphatic heterocycles. The number of hydrazone groups is 1. The monoisotopic (exact) mass is 480 g/mol. The molecule has 0 atom stereocenters. The van der Waals surface area contributed by atoms with Gasteiger partial charge >= 0.3 is 21.7 Å². The number of hydrogen-bond donors (Lipinski definition) is 1. The van der Waals surface area contributed by atoms with Gasteiger partial charge < -0.3 is 13.7 Å². The van der Waals surface area contributed by atoms with E-state index in [1.807, 2.05) is 0 Å². The highest BCUT2D eigenvalue weighted by Gasteiger charge is 2.48. The zero-order valence-electron chi connectivity index (χ0n) is 15.8. The summed E-state index contributed by atoms with van der Waals surface area (Å²) in [6, 6.07) is 10.9. The average molecular weight is 481 g/mol. The molecule has 0 spiro atoms. The molecule has 1 N–H and O–H groups in total. The minimum Gasteiger partial charge on any atom is -0.446 e. The van der Waals surface area contributed by atoms with Crippen LogP contribution in [0.4, 0.5) is 18.0 Å². The molecule has 0 saturated heterocycles. The molecule has 2 rings (SSSR count). The number of carbonyl (C=O) groups excluding carboxylic acids is 1. The Morgan fingerprint density at radius 3 is 2.10 bits per heavy atom. The lowest BCUT2D eigenvalue weighted by molar-refractivity contribution is -0.0500. The summed E-state index contributed by atoms with van der Waals surface area (Å²) in [7, 11) is -4.37. The van der Waals surface area contributed by atoms with E-state index in [1.54, 1.807) is 24.3 Å². The molecule has 0 unspecified atom stereocenters. The first-order valence-electron chi connectivity index (χ1n) is 8.40. The summed E-state index contributed by atoms with van der Waals surface area (Å²) in [5.41, 5.74) is -2.34. The van der Waals surface area contributed by atoms with E-state index in [2.05, 4.69) is 14.7 Å². The Morgan fingerprint density at radius 2 is 1.58 bits per heavy atom. The van der Waals surface area contributed by atoms with E-state index in [4.69, 9.17) is 21.1 Å². The highest BCUT2D eigenvalue weighted by Crippen LogP contribution is 2.27. The van der Waals surface area contributed by atoms with Crippen LogP contribution < -0.4 is 9.61 Å². The third-order valence-electron chi connectivity index (χ3n) is 3.51. The number of hydrogen-bond acceptors (Lipinski definition) is 7. The fraction of sp³-hybridized carbons (Fsp3) is 0.222. The number of ether oxygens (including phenoxy) is 2. The second-order valence-corrected chi connectivity index (χ2v) is 7.69. The van der Waals surface area contributed by atoms with Crippen LogP contribution in [0.25, 0.3) is 0 Å². The largest absolute Gasteiger partial charge is 0.534 e. The standard InChI is InChI=1S/C18H16ClF3N2O6S/c1-28-10-11-29-17(25)24-23-16(12-2-6-14(19)7-3-12)13-4-8-15(9-5-13)30-31(26,27)18(20,21)22/h2-9H,10-11H2,1H3,(H,24,25). The average Bonchev–Trinajstić information content (AvgIpc) is 2.69. The number of methoxy groups -OCH3 is 1. The zero-order valence-corrected chi connectivity index (χ0v) is 17.4. The Labute approximate surface area is 180 Å². The van der Waals surface area contributed by atoms with Crippen LogP contribution in [0.5, 0.6) is 5.75 Å². The van der Waals surface area contributed by atoms with Gasteiger partial charge in [-0.3, -0.25) is 0 Å². The van der Waals surface area contributed by atoms with E-state index < -0.39 is 27.5 Å². The van der Waals surface area contributed by atoms with Gasteiger partial charge in [0.15, 0.2) is 0 Å². The van der Waals surface area contributed by atoms with Crippen molar-refractivity contribution in [3.05, 3.63) is 64.7 Å². The van der Waals surface area contributed by atoms with Crippen molar-refractivity contribution in [3.63, 3.8) is 0 Å². The number of benzene rings is 2. The Kier molecular flexibility index (Phi) is 8.25. The second-order valence-electron chi connectivity index (χ2n) is 5.72. The lowest BCUT2D eigenvalue weighted by Gasteiger charge is -2.11. The van der Waals surface area contributed by atoms with Crippen molar-refractivity contribution in [2.45, 2.75) is 5.51 Å². The molecule has 1 amide bonds. The molecule has 0 aromatic heterocycles. The Hall–Kier alpha value is -2.83. The van der Waals surface area contributed by atoms with Gasteiger partial charge in [0, 0.05) is 23.3 Å². The maximum absolute atomic E-state index is 12.5. The quantitative estimate of drug-likeness (QED) is 0.203. The van der Waals surface area contributed by atoms with Crippen LogP contribution in [0.2, 0.25) is 5.02 Å². The van der Waals surface area contributed by atoms with Crippen molar-refractivity contribution in [1.82, 2.24) is 5.43 Å². The van der Waals surface area contributed by atoms with Gasteiger partial charge in [-0.1, -0.05) is 23.7 Å². The van der Waals surface area contributed by atoms with Crippen LogP contribution in [0.15, 0.2) is 53.6 Å². The maximum atomic E-state index is 12.5. The minimum atomic E-state index is -5.80. The van der Waals surface area contributed by atoms with E-state index in [0.717, 1.165) is 12.1 Å². The van der Waals surface area contributed by atoms with Crippen molar-refractivity contribution >= 4 is 33.5 Å². The summed E-state index contributed by atoms with van der Waals surface area (Å²) in [5.74, 6) is -0.552. The smallest absolute Gasteiger partial charge is 0.446 e. The number of nitrogens with one attached hydrogen (secondary N) is 1. The molecule has 0 fully saturated rings. The first kappa shape index (κ1) is 24.4. The number of alkyl halides is 3. The maximum Gasteiger partial charge on any atom is 0.534 e. The predicted octanol–water partition coefficient (Wildman–Crippen LogP) is 3.69. The van der Waals surface area contributed by atoms with Gasteiger partial charge in [0.25, 0.3) is 0 Å². The Bertz CT molecular complexity index is 1030. The second kappa shape index (κ2) is 10.5. The summed E-state index contributed by atoms with van der Waals surface area (Å²) in [4.78, 5) is 11.7. The van der Waals surface area contributed by atoms with Crippen molar-refractivity contribution < 1.29 is 40.0 Å². The lowest BCUT2D eigenvalue weighted by atomic mass is 10.0. The minimum absolute atomic E-state index is 0.00610. The zero-order chi connectivity index (χ0) is 23.1. The summed E-state index contributed by atoms with van der Waals surface area (Å²) in [5, 5.41) is 4.43. The van der Waals surface area contributed by atoms with E-state index in [-0.39, 0.29) is 18.9 Å². The first-order chi connectivity index (χ1) is 14.5. The fourth-order valence-electron chi connectivity index (χ4n) is 2.10. The summed E-state index contributed by atoms with van der Waals surface area (Å²) in [6.07, 6.45) is -0.861. The van der Waals surface area contributed by atoms with Gasteiger partial charge in [0.05, 0.1) is 12.3 Å². The molecule has 2 aromatic rings. The topological polar surface area (TPSA) is 103 Å². The molecule has 0 bridgehead atoms. The fourth-order valence-corrected chi connectivity index (χ4v) is 2.68. The summed E-state index contributed by atoms with van der Waals surface area (Å²) >= 11 is 5.87. The van der Waals surface area contributed by atoms with E-state index >= 15 is 0 Å². The third-order valence-corrected chi connectivity index (χ3v) is 4.75. The molecule has 8 nitrogen and oxygen atoms in total. The van der Waals surface area contributed by atoms with E-state index in [0.29, 0.717) is 16.1 Å². The van der Waals surface area contributed by atoms with Crippen LogP contribution in [-0.2, 0) is 19.6 Å².